The van der Waals surface area contributed by atoms with E-state index >= 15 is 0 Å². The minimum absolute atomic E-state index is 0.708. The molecule has 1 saturated carbocycles. The molecule has 0 aliphatic heterocycles. The molecular weight excluding hydrogens is 222 g/mol. The maximum absolute atomic E-state index is 4.28. The number of imidazole rings is 1. The highest BCUT2D eigenvalue weighted by molar-refractivity contribution is 5.49. The van der Waals surface area contributed by atoms with E-state index in [9.17, 15) is 0 Å². The molecule has 0 amide bonds. The molecule has 1 aromatic rings. The zero-order valence-electron chi connectivity index (χ0n) is 11.8. The second kappa shape index (κ2) is 6.19. The van der Waals surface area contributed by atoms with Gasteiger partial charge in [0.05, 0.1) is 18.2 Å². The molecule has 18 heavy (non-hydrogen) atoms. The number of hydrogen-bond donors (Lipinski definition) is 1. The molecule has 0 aromatic carbocycles. The molecule has 0 radical (unpaired) electrons. The molecule has 100 valence electrons. The van der Waals surface area contributed by atoms with Crippen LogP contribution in [-0.2, 0) is 0 Å². The molecule has 1 aliphatic carbocycles. The Hall–Kier alpha value is -1.09. The Morgan fingerprint density at radius 1 is 1.56 bits per heavy atom. The van der Waals surface area contributed by atoms with Crippen LogP contribution in [0, 0.1) is 5.92 Å². The van der Waals surface area contributed by atoms with E-state index in [0.29, 0.717) is 12.0 Å². The molecule has 1 aliphatic rings. The first-order chi connectivity index (χ1) is 8.70. The summed E-state index contributed by atoms with van der Waals surface area (Å²) in [4.78, 5) is 4.28. The molecular formula is C15H25N3. The highest BCUT2D eigenvalue weighted by Gasteiger charge is 2.24. The van der Waals surface area contributed by atoms with Gasteiger partial charge in [-0.3, -0.25) is 0 Å². The quantitative estimate of drug-likeness (QED) is 0.801. The predicted molar refractivity (Wildman–Crippen MR) is 76.5 cm³/mol. The zero-order valence-corrected chi connectivity index (χ0v) is 11.8. The minimum atomic E-state index is 0.708. The first-order valence-corrected chi connectivity index (χ1v) is 7.12. The first-order valence-electron chi connectivity index (χ1n) is 7.12. The minimum Gasteiger partial charge on any atom is -0.328 e. The Morgan fingerprint density at radius 2 is 2.33 bits per heavy atom. The van der Waals surface area contributed by atoms with Gasteiger partial charge >= 0.3 is 0 Å². The van der Waals surface area contributed by atoms with Crippen LogP contribution in [0.2, 0.25) is 0 Å². The summed E-state index contributed by atoms with van der Waals surface area (Å²) in [6.07, 6.45) is 9.98. The van der Waals surface area contributed by atoms with Crippen LogP contribution >= 0.6 is 0 Å². The van der Waals surface area contributed by atoms with Crippen molar-refractivity contribution in [2.45, 2.75) is 46.1 Å². The Morgan fingerprint density at radius 3 is 2.94 bits per heavy atom. The molecule has 1 fully saturated rings. The molecule has 1 aromatic heterocycles. The highest BCUT2D eigenvalue weighted by Crippen LogP contribution is 2.36. The van der Waals surface area contributed by atoms with Crippen molar-refractivity contribution < 1.29 is 0 Å². The Labute approximate surface area is 110 Å². The number of hydrogen-bond acceptors (Lipinski definition) is 2. The van der Waals surface area contributed by atoms with Gasteiger partial charge in [0.1, 0.15) is 0 Å². The van der Waals surface area contributed by atoms with Gasteiger partial charge in [-0.1, -0.05) is 26.3 Å². The lowest BCUT2D eigenvalue weighted by Gasteiger charge is -2.10. The van der Waals surface area contributed by atoms with Crippen LogP contribution in [0.5, 0.6) is 0 Å². The van der Waals surface area contributed by atoms with Crippen molar-refractivity contribution in [2.24, 2.45) is 5.92 Å². The summed E-state index contributed by atoms with van der Waals surface area (Å²) >= 11 is 0. The summed E-state index contributed by atoms with van der Waals surface area (Å²) in [7, 11) is 0. The fourth-order valence-corrected chi connectivity index (χ4v) is 2.09. The van der Waals surface area contributed by atoms with Crippen LogP contribution in [-0.4, -0.2) is 22.6 Å². The number of aromatic nitrogens is 2. The molecule has 3 nitrogen and oxygen atoms in total. The lowest BCUT2D eigenvalue weighted by Crippen LogP contribution is -2.22. The number of nitrogens with one attached hydrogen (secondary N) is 1. The summed E-state index contributed by atoms with van der Waals surface area (Å²) in [6, 6.07) is 0.709. The Balaban J connectivity index is 1.97. The monoisotopic (exact) mass is 247 g/mol. The van der Waals surface area contributed by atoms with Crippen LogP contribution < -0.4 is 5.32 Å². The van der Waals surface area contributed by atoms with E-state index in [1.807, 2.05) is 12.5 Å². The number of nitrogens with zero attached hydrogens (tertiary/aromatic N) is 2. The molecule has 0 unspecified atom stereocenters. The predicted octanol–water partition coefficient (Wildman–Crippen LogP) is 3.26. The summed E-state index contributed by atoms with van der Waals surface area (Å²) in [5.74, 6) is 0.708. The largest absolute Gasteiger partial charge is 0.328 e. The van der Waals surface area contributed by atoms with Crippen LogP contribution in [0.4, 0.5) is 0 Å². The lowest BCUT2D eigenvalue weighted by molar-refractivity contribution is 0.569. The third-order valence-corrected chi connectivity index (χ3v) is 3.35. The molecule has 0 spiro atoms. The van der Waals surface area contributed by atoms with Crippen LogP contribution in [0.1, 0.15) is 51.8 Å². The van der Waals surface area contributed by atoms with E-state index in [1.165, 1.54) is 24.1 Å². The average Bonchev–Trinajstić information content (AvgIpc) is 3.08. The van der Waals surface area contributed by atoms with Crippen LogP contribution in [0.3, 0.4) is 0 Å². The van der Waals surface area contributed by atoms with Crippen molar-refractivity contribution in [1.82, 2.24) is 14.9 Å². The molecule has 1 heterocycles. The van der Waals surface area contributed by atoms with Crippen molar-refractivity contribution in [2.75, 3.05) is 13.1 Å². The van der Waals surface area contributed by atoms with Crippen molar-refractivity contribution >= 4 is 6.08 Å². The van der Waals surface area contributed by atoms with Gasteiger partial charge < -0.3 is 9.88 Å². The molecule has 3 heteroatoms. The van der Waals surface area contributed by atoms with E-state index < -0.39 is 0 Å². The molecule has 2 rings (SSSR count). The van der Waals surface area contributed by atoms with E-state index in [-0.39, 0.29) is 0 Å². The summed E-state index contributed by atoms with van der Waals surface area (Å²) in [5, 5.41) is 3.51. The van der Waals surface area contributed by atoms with Gasteiger partial charge in [0.25, 0.3) is 0 Å². The fraction of sp³-hybridized carbons (Fsp3) is 0.667. The third-order valence-electron chi connectivity index (χ3n) is 3.35. The zero-order chi connectivity index (χ0) is 13.0. The van der Waals surface area contributed by atoms with Crippen molar-refractivity contribution in [3.63, 3.8) is 0 Å². The van der Waals surface area contributed by atoms with Crippen molar-refractivity contribution in [1.29, 1.82) is 0 Å². The van der Waals surface area contributed by atoms with Crippen LogP contribution in [0.15, 0.2) is 18.1 Å². The Bertz CT molecular complexity index is 400. The highest BCUT2D eigenvalue weighted by atomic mass is 15.1. The molecule has 0 bridgehead atoms. The van der Waals surface area contributed by atoms with E-state index in [0.717, 1.165) is 19.5 Å². The first kappa shape index (κ1) is 13.3. The second-order valence-corrected chi connectivity index (χ2v) is 5.64. The van der Waals surface area contributed by atoms with Gasteiger partial charge in [0.15, 0.2) is 0 Å². The summed E-state index contributed by atoms with van der Waals surface area (Å²) in [6.45, 7) is 8.78. The van der Waals surface area contributed by atoms with Gasteiger partial charge in [-0.05, 0) is 37.8 Å². The second-order valence-electron chi connectivity index (χ2n) is 5.64. The molecule has 1 N–H and O–H groups in total. The van der Waals surface area contributed by atoms with Crippen molar-refractivity contribution in [3.8, 4) is 0 Å². The fourth-order valence-electron chi connectivity index (χ4n) is 2.09. The standard InChI is InChI=1S/C15H25N3/c1-4-13(9-16-8-12(2)3)7-15-10-17-11-18(15)14-5-6-14/h7,10-12,14,16H,4-6,8-9H2,1-3H3. The molecule has 0 atom stereocenters. The maximum atomic E-state index is 4.28. The van der Waals surface area contributed by atoms with E-state index in [2.05, 4.69) is 41.7 Å². The van der Waals surface area contributed by atoms with Gasteiger partial charge in [-0.15, -0.1) is 0 Å². The normalized spacial score (nSPS) is 16.6. The maximum Gasteiger partial charge on any atom is 0.0953 e. The smallest absolute Gasteiger partial charge is 0.0953 e. The SMILES string of the molecule is CCC(=Cc1cncn1C1CC1)CNCC(C)C. The van der Waals surface area contributed by atoms with Gasteiger partial charge in [0, 0.05) is 12.6 Å². The topological polar surface area (TPSA) is 29.9 Å². The summed E-state index contributed by atoms with van der Waals surface area (Å²) < 4.78 is 2.32. The van der Waals surface area contributed by atoms with Gasteiger partial charge in [-0.2, -0.15) is 0 Å². The average molecular weight is 247 g/mol. The third kappa shape index (κ3) is 3.70. The van der Waals surface area contributed by atoms with E-state index in [1.54, 1.807) is 0 Å². The lowest BCUT2D eigenvalue weighted by atomic mass is 10.1. The Kier molecular flexibility index (Phi) is 4.59. The van der Waals surface area contributed by atoms with Gasteiger partial charge in [0.2, 0.25) is 0 Å². The molecule has 0 saturated heterocycles. The van der Waals surface area contributed by atoms with E-state index in [4.69, 9.17) is 0 Å². The number of rotatable bonds is 7. The van der Waals surface area contributed by atoms with Gasteiger partial charge in [-0.25, -0.2) is 4.98 Å². The summed E-state index contributed by atoms with van der Waals surface area (Å²) in [5.41, 5.74) is 2.72. The van der Waals surface area contributed by atoms with Crippen LogP contribution in [0.25, 0.3) is 6.08 Å². The van der Waals surface area contributed by atoms with Crippen molar-refractivity contribution in [3.05, 3.63) is 23.8 Å².